The van der Waals surface area contributed by atoms with Crippen molar-refractivity contribution >= 4 is 27.3 Å². The summed E-state index contributed by atoms with van der Waals surface area (Å²) in [4.78, 5) is 14.8. The van der Waals surface area contributed by atoms with Crippen molar-refractivity contribution < 1.29 is 44.3 Å². The molecule has 0 spiro atoms. The van der Waals surface area contributed by atoms with Crippen LogP contribution >= 0.6 is 0 Å². The molecule has 1 fully saturated rings. The zero-order valence-corrected chi connectivity index (χ0v) is 30.1. The van der Waals surface area contributed by atoms with Crippen LogP contribution in [0.25, 0.3) is 5.76 Å². The number of benzene rings is 2. The van der Waals surface area contributed by atoms with E-state index in [9.17, 15) is 39.6 Å². The van der Waals surface area contributed by atoms with E-state index in [4.69, 9.17) is 10.5 Å². The van der Waals surface area contributed by atoms with E-state index in [0.29, 0.717) is 50.0 Å². The number of sulfone groups is 1. The summed E-state index contributed by atoms with van der Waals surface area (Å²) >= 11 is 0. The number of hydrogen-bond donors (Lipinski definition) is 1. The smallest absolute Gasteiger partial charge is 0.312 e. The normalized spacial score (nSPS) is 14.8. The number of piperidine rings is 1. The fourth-order valence-corrected chi connectivity index (χ4v) is 5.36. The molecule has 1 aliphatic rings. The third kappa shape index (κ3) is 20.8. The summed E-state index contributed by atoms with van der Waals surface area (Å²) in [5.74, 6) is -3.07. The quantitative estimate of drug-likeness (QED) is 0.110. The standard InChI is InChI=1S/C15H18F3NO.C12H14F3N.C5H13NO2S.C3H6O/c1-4-6-13(20-15(19-3)14(17)18)11-8-7-10(5-2)12(16)9-11;13-11-3-1-10(2-4-11)9-16-7-5-12(14,15)6-8-16;1-2-4-9(7,8)5-3-6;1-3(2)4/h6-9,14H,4-5H2,1-3H3;1-4H,5-9H2;2-6H2,1H3;1-2H3/b13-6+,19-15?;;;. The highest BCUT2D eigenvalue weighted by Gasteiger charge is 2.33. The van der Waals surface area contributed by atoms with E-state index in [1.165, 1.54) is 39.1 Å². The third-order valence-electron chi connectivity index (χ3n) is 6.58. The van der Waals surface area contributed by atoms with Crippen LogP contribution in [-0.4, -0.2) is 75.5 Å². The molecular formula is C35H51F6N3O4S. The van der Waals surface area contributed by atoms with Gasteiger partial charge in [-0.05, 0) is 68.5 Å². The molecule has 0 bridgehead atoms. The van der Waals surface area contributed by atoms with Gasteiger partial charge in [0.1, 0.15) is 23.2 Å². The summed E-state index contributed by atoms with van der Waals surface area (Å²) in [6, 6.07) is 10.8. The molecule has 0 atom stereocenters. The number of nitrogens with zero attached hydrogens (tertiary/aromatic N) is 2. The zero-order chi connectivity index (χ0) is 37.6. The lowest BCUT2D eigenvalue weighted by Gasteiger charge is -2.31. The number of aryl methyl sites for hydroxylation is 1. The summed E-state index contributed by atoms with van der Waals surface area (Å²) in [6.45, 7) is 10.3. The fourth-order valence-electron chi connectivity index (χ4n) is 4.17. The molecule has 0 saturated carbocycles. The van der Waals surface area contributed by atoms with E-state index in [2.05, 4.69) is 4.99 Å². The van der Waals surface area contributed by atoms with Gasteiger partial charge in [0.15, 0.2) is 9.84 Å². The van der Waals surface area contributed by atoms with Crippen LogP contribution in [0.5, 0.6) is 0 Å². The number of aliphatic imine (C=N–C) groups is 1. The Labute approximate surface area is 287 Å². The molecule has 2 aromatic carbocycles. The molecule has 14 heteroatoms. The van der Waals surface area contributed by atoms with Gasteiger partial charge in [-0.1, -0.05) is 45.0 Å². The van der Waals surface area contributed by atoms with Gasteiger partial charge in [-0.25, -0.2) is 26.0 Å². The predicted octanol–water partition coefficient (Wildman–Crippen LogP) is 7.87. The van der Waals surface area contributed by atoms with Crippen LogP contribution in [0.2, 0.25) is 0 Å². The van der Waals surface area contributed by atoms with Gasteiger partial charge < -0.3 is 15.3 Å². The number of rotatable bonds is 11. The zero-order valence-electron chi connectivity index (χ0n) is 29.3. The van der Waals surface area contributed by atoms with Crippen molar-refractivity contribution in [1.82, 2.24) is 4.90 Å². The van der Waals surface area contributed by atoms with Crippen LogP contribution in [-0.2, 0) is 32.3 Å². The molecule has 0 aromatic heterocycles. The third-order valence-corrected chi connectivity index (χ3v) is 8.47. The number of hydrogen-bond acceptors (Lipinski definition) is 7. The Morgan fingerprint density at radius 3 is 2.02 bits per heavy atom. The number of ether oxygens (including phenoxy) is 1. The lowest BCUT2D eigenvalue weighted by molar-refractivity contribution is -0.115. The van der Waals surface area contributed by atoms with Gasteiger partial charge in [-0.15, -0.1) is 0 Å². The van der Waals surface area contributed by atoms with Crippen LogP contribution in [0, 0.1) is 11.6 Å². The molecule has 7 nitrogen and oxygen atoms in total. The minimum Gasteiger partial charge on any atom is -0.438 e. The average molecular weight is 724 g/mol. The van der Waals surface area contributed by atoms with Crippen LogP contribution < -0.4 is 5.73 Å². The summed E-state index contributed by atoms with van der Waals surface area (Å²) in [5.41, 5.74) is 7.02. The average Bonchev–Trinajstić information content (AvgIpc) is 3.01. The van der Waals surface area contributed by atoms with E-state index in [1.54, 1.807) is 30.3 Å². The van der Waals surface area contributed by atoms with Crippen molar-refractivity contribution in [3.05, 3.63) is 76.9 Å². The first kappa shape index (κ1) is 45.8. The van der Waals surface area contributed by atoms with E-state index in [1.807, 2.05) is 25.7 Å². The summed E-state index contributed by atoms with van der Waals surface area (Å²) in [6.07, 6.45) is 0.490. The number of likely N-dealkylation sites (tertiary alicyclic amines) is 1. The van der Waals surface area contributed by atoms with Crippen LogP contribution in [0.3, 0.4) is 0 Å². The Hall–Kier alpha value is -3.23. The maximum absolute atomic E-state index is 13.8. The molecule has 0 radical (unpaired) electrons. The lowest BCUT2D eigenvalue weighted by Crippen LogP contribution is -2.38. The lowest BCUT2D eigenvalue weighted by atomic mass is 10.1. The van der Waals surface area contributed by atoms with E-state index < -0.39 is 28.1 Å². The largest absolute Gasteiger partial charge is 0.438 e. The highest BCUT2D eigenvalue weighted by molar-refractivity contribution is 7.91. The molecule has 0 amide bonds. The van der Waals surface area contributed by atoms with Gasteiger partial charge in [0.25, 0.3) is 11.8 Å². The summed E-state index contributed by atoms with van der Waals surface area (Å²) in [7, 11) is -1.58. The van der Waals surface area contributed by atoms with E-state index in [0.717, 1.165) is 5.56 Å². The van der Waals surface area contributed by atoms with Gasteiger partial charge in [0.05, 0.1) is 5.75 Å². The minimum absolute atomic E-state index is 0.0752. The number of allylic oxidation sites excluding steroid dienone is 1. The number of carbonyl (C=O) groups excluding carboxylic acids is 1. The Kier molecular flexibility index (Phi) is 22.4. The maximum atomic E-state index is 13.8. The number of halogens is 6. The second kappa shape index (κ2) is 24.0. The first-order chi connectivity index (χ1) is 22.9. The highest BCUT2D eigenvalue weighted by atomic mass is 32.2. The van der Waals surface area contributed by atoms with Crippen molar-refractivity contribution in [2.75, 3.05) is 38.2 Å². The van der Waals surface area contributed by atoms with Gasteiger partial charge in [-0.3, -0.25) is 9.89 Å². The summed E-state index contributed by atoms with van der Waals surface area (Å²) in [5, 5.41) is 0. The second-order valence-corrected chi connectivity index (χ2v) is 13.5. The Balaban J connectivity index is 0.000000706. The number of Topliss-reactive ketones (excluding diaryl/α,β-unsaturated/α-hetero) is 1. The van der Waals surface area contributed by atoms with E-state index in [-0.39, 0.29) is 54.1 Å². The predicted molar refractivity (Wildman–Crippen MR) is 185 cm³/mol. The molecule has 1 heterocycles. The number of alkyl halides is 4. The second-order valence-electron chi connectivity index (χ2n) is 11.2. The van der Waals surface area contributed by atoms with Crippen molar-refractivity contribution in [2.24, 2.45) is 10.7 Å². The van der Waals surface area contributed by atoms with Crippen molar-refractivity contribution in [3.63, 3.8) is 0 Å². The SMILES string of the molecule is CC(C)=O.CC/C=C(/OC(=NC)C(F)F)c1ccc(CC)c(F)c1.CCCS(=O)(=O)CCN.Fc1ccc(CN2CCC(F)(F)CC2)cc1. The van der Waals surface area contributed by atoms with Crippen LogP contribution in [0.1, 0.15) is 77.0 Å². The van der Waals surface area contributed by atoms with Crippen molar-refractivity contribution in [3.8, 4) is 0 Å². The molecule has 0 unspecified atom stereocenters. The number of nitrogens with two attached hydrogens (primary N) is 1. The van der Waals surface area contributed by atoms with Crippen molar-refractivity contribution in [1.29, 1.82) is 0 Å². The van der Waals surface area contributed by atoms with Gasteiger partial charge in [0, 0.05) is 57.4 Å². The Bertz CT molecular complexity index is 1390. The summed E-state index contributed by atoms with van der Waals surface area (Å²) < 4.78 is 104. The van der Waals surface area contributed by atoms with Gasteiger partial charge >= 0.3 is 6.43 Å². The molecule has 2 aromatic rings. The molecule has 1 saturated heterocycles. The molecule has 49 heavy (non-hydrogen) atoms. The molecule has 3 rings (SSSR count). The fraction of sp³-hybridized carbons (Fsp3) is 0.543. The highest BCUT2D eigenvalue weighted by Crippen LogP contribution is 2.28. The molecule has 2 N–H and O–H groups in total. The Morgan fingerprint density at radius 2 is 1.59 bits per heavy atom. The first-order valence-electron chi connectivity index (χ1n) is 16.1. The van der Waals surface area contributed by atoms with Crippen LogP contribution in [0.15, 0.2) is 53.5 Å². The molecular weight excluding hydrogens is 672 g/mol. The minimum atomic E-state index is -2.81. The number of ketones is 1. The monoisotopic (exact) mass is 723 g/mol. The maximum Gasteiger partial charge on any atom is 0.312 e. The topological polar surface area (TPSA) is 102 Å². The molecule has 278 valence electrons. The van der Waals surface area contributed by atoms with Gasteiger partial charge in [-0.2, -0.15) is 8.78 Å². The first-order valence-corrected chi connectivity index (χ1v) is 17.9. The Morgan fingerprint density at radius 1 is 1.02 bits per heavy atom. The molecule has 0 aliphatic carbocycles. The van der Waals surface area contributed by atoms with E-state index >= 15 is 0 Å². The molecule has 1 aliphatic heterocycles. The van der Waals surface area contributed by atoms with Crippen molar-refractivity contribution in [2.45, 2.75) is 85.6 Å². The van der Waals surface area contributed by atoms with Gasteiger partial charge in [0.2, 0.25) is 0 Å². The number of carbonyl (C=O) groups is 1. The van der Waals surface area contributed by atoms with Crippen LogP contribution in [0.4, 0.5) is 26.3 Å².